The largest absolute Gasteiger partial charge is 0.508 e. The SMILES string of the molecule is CC(C)(C)c1cc(O)cc(-c2ccc(C(=O)O)cc2)c1. The predicted molar refractivity (Wildman–Crippen MR) is 79.2 cm³/mol. The molecule has 2 aromatic carbocycles. The highest BCUT2D eigenvalue weighted by Gasteiger charge is 2.16. The van der Waals surface area contributed by atoms with Crippen LogP contribution in [0.5, 0.6) is 5.75 Å². The zero-order valence-electron chi connectivity index (χ0n) is 11.8. The van der Waals surface area contributed by atoms with Crippen molar-refractivity contribution < 1.29 is 15.0 Å². The Balaban J connectivity index is 2.47. The Morgan fingerprint density at radius 3 is 2.05 bits per heavy atom. The number of phenolic OH excluding ortho intramolecular Hbond substituents is 1. The van der Waals surface area contributed by atoms with Gasteiger partial charge in [-0.15, -0.1) is 0 Å². The number of benzene rings is 2. The first-order chi connectivity index (χ1) is 9.27. The summed E-state index contributed by atoms with van der Waals surface area (Å²) in [5.74, 6) is -0.724. The molecule has 0 atom stereocenters. The van der Waals surface area contributed by atoms with Crippen molar-refractivity contribution in [2.24, 2.45) is 0 Å². The Morgan fingerprint density at radius 2 is 1.55 bits per heavy atom. The molecule has 2 aromatic rings. The van der Waals surface area contributed by atoms with Gasteiger partial charge in [0.1, 0.15) is 5.75 Å². The van der Waals surface area contributed by atoms with Crippen LogP contribution in [0.25, 0.3) is 11.1 Å². The van der Waals surface area contributed by atoms with Gasteiger partial charge in [-0.2, -0.15) is 0 Å². The van der Waals surface area contributed by atoms with Gasteiger partial charge in [0.05, 0.1) is 5.56 Å². The number of aromatic hydroxyl groups is 1. The smallest absolute Gasteiger partial charge is 0.335 e. The van der Waals surface area contributed by atoms with Crippen molar-refractivity contribution in [2.45, 2.75) is 26.2 Å². The molecular weight excluding hydrogens is 252 g/mol. The number of hydrogen-bond donors (Lipinski definition) is 2. The molecule has 0 fully saturated rings. The van der Waals surface area contributed by atoms with E-state index in [0.29, 0.717) is 0 Å². The molecule has 2 rings (SSSR count). The fourth-order valence-corrected chi connectivity index (χ4v) is 2.02. The fourth-order valence-electron chi connectivity index (χ4n) is 2.02. The predicted octanol–water partition coefficient (Wildman–Crippen LogP) is 4.05. The number of carboxylic acid groups (broad SMARTS) is 1. The van der Waals surface area contributed by atoms with Crippen LogP contribution < -0.4 is 0 Å². The Bertz CT molecular complexity index is 634. The zero-order chi connectivity index (χ0) is 14.9. The summed E-state index contributed by atoms with van der Waals surface area (Å²) >= 11 is 0. The highest BCUT2D eigenvalue weighted by Crippen LogP contribution is 2.31. The van der Waals surface area contributed by atoms with Gasteiger partial charge in [-0.3, -0.25) is 0 Å². The van der Waals surface area contributed by atoms with Crippen molar-refractivity contribution in [3.05, 3.63) is 53.6 Å². The maximum Gasteiger partial charge on any atom is 0.335 e. The Kier molecular flexibility index (Phi) is 3.53. The third-order valence-electron chi connectivity index (χ3n) is 3.25. The molecule has 0 aliphatic heterocycles. The zero-order valence-corrected chi connectivity index (χ0v) is 11.8. The van der Waals surface area contributed by atoms with Gasteiger partial charge in [0.25, 0.3) is 0 Å². The standard InChI is InChI=1S/C17H18O3/c1-17(2,3)14-8-13(9-15(18)10-14)11-4-6-12(7-5-11)16(19)20/h4-10,18H,1-3H3,(H,19,20). The van der Waals surface area contributed by atoms with E-state index in [0.717, 1.165) is 16.7 Å². The molecule has 0 aromatic heterocycles. The summed E-state index contributed by atoms with van der Waals surface area (Å²) in [7, 11) is 0. The Hall–Kier alpha value is -2.29. The van der Waals surface area contributed by atoms with Gasteiger partial charge in [-0.25, -0.2) is 4.79 Å². The molecule has 0 amide bonds. The van der Waals surface area contributed by atoms with Gasteiger partial charge in [0.2, 0.25) is 0 Å². The van der Waals surface area contributed by atoms with E-state index in [2.05, 4.69) is 20.8 Å². The summed E-state index contributed by atoms with van der Waals surface area (Å²) in [6.45, 7) is 6.25. The van der Waals surface area contributed by atoms with Crippen LogP contribution in [0.4, 0.5) is 0 Å². The quantitative estimate of drug-likeness (QED) is 0.865. The summed E-state index contributed by atoms with van der Waals surface area (Å²) in [6.07, 6.45) is 0. The number of carboxylic acids is 1. The summed E-state index contributed by atoms with van der Waals surface area (Å²) in [6, 6.07) is 12.1. The van der Waals surface area contributed by atoms with Gasteiger partial charge in [-0.1, -0.05) is 39.0 Å². The average Bonchev–Trinajstić information content (AvgIpc) is 2.37. The van der Waals surface area contributed by atoms with E-state index in [9.17, 15) is 9.90 Å². The molecule has 0 unspecified atom stereocenters. The molecule has 2 N–H and O–H groups in total. The summed E-state index contributed by atoms with van der Waals surface area (Å²) in [4.78, 5) is 10.8. The lowest BCUT2D eigenvalue weighted by Gasteiger charge is -2.20. The molecule has 20 heavy (non-hydrogen) atoms. The molecule has 3 heteroatoms. The van der Waals surface area contributed by atoms with Crippen molar-refractivity contribution in [1.82, 2.24) is 0 Å². The minimum Gasteiger partial charge on any atom is -0.508 e. The topological polar surface area (TPSA) is 57.5 Å². The second kappa shape index (κ2) is 5.00. The van der Waals surface area contributed by atoms with Crippen molar-refractivity contribution in [2.75, 3.05) is 0 Å². The molecule has 0 spiro atoms. The average molecular weight is 270 g/mol. The van der Waals surface area contributed by atoms with E-state index in [1.807, 2.05) is 6.07 Å². The molecule has 3 nitrogen and oxygen atoms in total. The van der Waals surface area contributed by atoms with E-state index in [1.165, 1.54) is 0 Å². The third kappa shape index (κ3) is 2.99. The van der Waals surface area contributed by atoms with Crippen LogP contribution in [0.2, 0.25) is 0 Å². The van der Waals surface area contributed by atoms with E-state index in [1.54, 1.807) is 36.4 Å². The molecule has 0 aliphatic carbocycles. The van der Waals surface area contributed by atoms with Gasteiger partial charge in [-0.05, 0) is 46.4 Å². The molecule has 0 radical (unpaired) electrons. The first-order valence-electron chi connectivity index (χ1n) is 6.45. The second-order valence-electron chi connectivity index (χ2n) is 5.90. The fraction of sp³-hybridized carbons (Fsp3) is 0.235. The van der Waals surface area contributed by atoms with Gasteiger partial charge < -0.3 is 10.2 Å². The molecule has 0 aliphatic rings. The van der Waals surface area contributed by atoms with Crippen LogP contribution in [0.3, 0.4) is 0 Å². The normalized spacial score (nSPS) is 11.3. The summed E-state index contributed by atoms with van der Waals surface area (Å²) in [5, 5.41) is 18.8. The second-order valence-corrected chi connectivity index (χ2v) is 5.90. The van der Waals surface area contributed by atoms with Crippen LogP contribution >= 0.6 is 0 Å². The first-order valence-corrected chi connectivity index (χ1v) is 6.45. The van der Waals surface area contributed by atoms with Crippen molar-refractivity contribution in [3.63, 3.8) is 0 Å². The lowest BCUT2D eigenvalue weighted by Crippen LogP contribution is -2.10. The summed E-state index contributed by atoms with van der Waals surface area (Å²) in [5.41, 5.74) is 3.00. The molecule has 0 bridgehead atoms. The van der Waals surface area contributed by atoms with Crippen molar-refractivity contribution >= 4 is 5.97 Å². The van der Waals surface area contributed by atoms with Crippen molar-refractivity contribution in [3.8, 4) is 16.9 Å². The van der Waals surface area contributed by atoms with Crippen LogP contribution in [0.15, 0.2) is 42.5 Å². The van der Waals surface area contributed by atoms with E-state index in [-0.39, 0.29) is 16.7 Å². The minimum absolute atomic E-state index is 0.0610. The van der Waals surface area contributed by atoms with Crippen LogP contribution in [-0.2, 0) is 5.41 Å². The minimum atomic E-state index is -0.942. The lowest BCUT2D eigenvalue weighted by molar-refractivity contribution is 0.0697. The van der Waals surface area contributed by atoms with E-state index < -0.39 is 5.97 Å². The number of hydrogen-bond acceptors (Lipinski definition) is 2. The summed E-state index contributed by atoms with van der Waals surface area (Å²) < 4.78 is 0. The molecule has 104 valence electrons. The first kappa shape index (κ1) is 14.1. The molecule has 0 saturated heterocycles. The number of phenols is 1. The highest BCUT2D eigenvalue weighted by molar-refractivity contribution is 5.88. The lowest BCUT2D eigenvalue weighted by atomic mass is 9.85. The highest BCUT2D eigenvalue weighted by atomic mass is 16.4. The van der Waals surface area contributed by atoms with E-state index in [4.69, 9.17) is 5.11 Å². The van der Waals surface area contributed by atoms with E-state index >= 15 is 0 Å². The van der Waals surface area contributed by atoms with Crippen molar-refractivity contribution in [1.29, 1.82) is 0 Å². The van der Waals surface area contributed by atoms with Crippen LogP contribution in [0, 0.1) is 0 Å². The number of aromatic carboxylic acids is 1. The molecule has 0 heterocycles. The molecular formula is C17H18O3. The van der Waals surface area contributed by atoms with Crippen LogP contribution in [0.1, 0.15) is 36.7 Å². The van der Waals surface area contributed by atoms with Gasteiger partial charge in [0, 0.05) is 0 Å². The third-order valence-corrected chi connectivity index (χ3v) is 3.25. The Morgan fingerprint density at radius 1 is 0.950 bits per heavy atom. The maximum atomic E-state index is 10.8. The van der Waals surface area contributed by atoms with Crippen LogP contribution in [-0.4, -0.2) is 16.2 Å². The monoisotopic (exact) mass is 270 g/mol. The number of rotatable bonds is 2. The Labute approximate surface area is 118 Å². The molecule has 0 saturated carbocycles. The van der Waals surface area contributed by atoms with Gasteiger partial charge in [0.15, 0.2) is 0 Å². The van der Waals surface area contributed by atoms with Gasteiger partial charge >= 0.3 is 5.97 Å². The number of carbonyl (C=O) groups is 1. The maximum absolute atomic E-state index is 10.8.